The van der Waals surface area contributed by atoms with Crippen molar-refractivity contribution in [3.05, 3.63) is 112 Å². The monoisotopic (exact) mass is 580 g/mol. The van der Waals surface area contributed by atoms with E-state index in [1.54, 1.807) is 49.6 Å². The first-order valence-electron chi connectivity index (χ1n) is 11.3. The number of carbonyl (C=O) groups excluding carboxylic acids is 1. The Kier molecular flexibility index (Phi) is 8.15. The summed E-state index contributed by atoms with van der Waals surface area (Å²) in [6.45, 7) is 2.04. The molecular weight excluding hydrogens is 556 g/mol. The van der Waals surface area contributed by atoms with Crippen LogP contribution in [0.5, 0.6) is 11.5 Å². The fourth-order valence-corrected chi connectivity index (χ4v) is 4.93. The standard InChI is InChI=1S/C28H25BrN2O5S/c1-19-5-3-4-6-26(19)31-37(33,34)25-14-10-23(11-15-25)30-28(32)20-7-16-27(35-2)21(17-20)18-36-24-12-8-22(29)9-13-24/h3-17,31H,18H2,1-2H3,(H,30,32). The smallest absolute Gasteiger partial charge is 0.261 e. The number of halogens is 1. The molecule has 0 saturated carbocycles. The topological polar surface area (TPSA) is 93.7 Å². The highest BCUT2D eigenvalue weighted by Gasteiger charge is 2.16. The van der Waals surface area contributed by atoms with Crippen LogP contribution in [0.3, 0.4) is 0 Å². The van der Waals surface area contributed by atoms with Crippen molar-refractivity contribution in [3.63, 3.8) is 0 Å². The molecule has 0 aliphatic heterocycles. The highest BCUT2D eigenvalue weighted by molar-refractivity contribution is 9.10. The second-order valence-electron chi connectivity index (χ2n) is 8.17. The van der Waals surface area contributed by atoms with Crippen LogP contribution >= 0.6 is 15.9 Å². The van der Waals surface area contributed by atoms with Crippen molar-refractivity contribution in [1.82, 2.24) is 0 Å². The van der Waals surface area contributed by atoms with Gasteiger partial charge in [-0.1, -0.05) is 34.1 Å². The van der Waals surface area contributed by atoms with Crippen molar-refractivity contribution >= 4 is 43.2 Å². The number of para-hydroxylation sites is 1. The lowest BCUT2D eigenvalue weighted by Gasteiger charge is -2.13. The van der Waals surface area contributed by atoms with Crippen LogP contribution in [-0.4, -0.2) is 21.4 Å². The maximum atomic E-state index is 12.9. The largest absolute Gasteiger partial charge is 0.496 e. The molecule has 4 rings (SSSR count). The third kappa shape index (κ3) is 6.69. The predicted molar refractivity (Wildman–Crippen MR) is 148 cm³/mol. The molecule has 0 unspecified atom stereocenters. The van der Waals surface area contributed by atoms with Gasteiger partial charge in [0, 0.05) is 21.3 Å². The molecule has 4 aromatic carbocycles. The molecule has 0 radical (unpaired) electrons. The van der Waals surface area contributed by atoms with E-state index in [-0.39, 0.29) is 17.4 Å². The van der Waals surface area contributed by atoms with Crippen molar-refractivity contribution in [2.45, 2.75) is 18.4 Å². The fourth-order valence-electron chi connectivity index (χ4n) is 3.54. The van der Waals surface area contributed by atoms with Crippen LogP contribution in [0.1, 0.15) is 21.5 Å². The van der Waals surface area contributed by atoms with Gasteiger partial charge in [0.1, 0.15) is 18.1 Å². The number of methoxy groups -OCH3 is 1. The quantitative estimate of drug-likeness (QED) is 0.239. The molecule has 37 heavy (non-hydrogen) atoms. The van der Waals surface area contributed by atoms with Gasteiger partial charge in [0.25, 0.3) is 15.9 Å². The Labute approximate surface area is 224 Å². The van der Waals surface area contributed by atoms with Crippen LogP contribution in [0.25, 0.3) is 0 Å². The number of anilines is 2. The summed E-state index contributed by atoms with van der Waals surface area (Å²) in [7, 11) is -2.21. The second-order valence-corrected chi connectivity index (χ2v) is 10.8. The van der Waals surface area contributed by atoms with Gasteiger partial charge in [-0.2, -0.15) is 0 Å². The molecule has 9 heteroatoms. The normalized spacial score (nSPS) is 11.0. The lowest BCUT2D eigenvalue weighted by Crippen LogP contribution is -2.15. The lowest BCUT2D eigenvalue weighted by molar-refractivity contribution is 0.102. The first-order chi connectivity index (χ1) is 17.7. The van der Waals surface area contributed by atoms with Crippen LogP contribution in [0.15, 0.2) is 100 Å². The summed E-state index contributed by atoms with van der Waals surface area (Å²) in [6.07, 6.45) is 0. The van der Waals surface area contributed by atoms with Gasteiger partial charge in [0.15, 0.2) is 0 Å². The minimum absolute atomic E-state index is 0.0885. The molecule has 190 valence electrons. The Bertz CT molecular complexity index is 1500. The molecule has 0 aliphatic carbocycles. The Morgan fingerprint density at radius 1 is 0.919 bits per heavy atom. The summed E-state index contributed by atoms with van der Waals surface area (Å²) in [6, 6.07) is 25.6. The maximum absolute atomic E-state index is 12.9. The molecule has 4 aromatic rings. The SMILES string of the molecule is COc1ccc(C(=O)Nc2ccc(S(=O)(=O)Nc3ccccc3C)cc2)cc1COc1ccc(Br)cc1. The number of hydrogen-bond acceptors (Lipinski definition) is 5. The number of amides is 1. The summed E-state index contributed by atoms with van der Waals surface area (Å²) in [4.78, 5) is 13.0. The Balaban J connectivity index is 1.44. The van der Waals surface area contributed by atoms with Crippen LogP contribution in [0, 0.1) is 6.92 Å². The molecule has 0 spiro atoms. The Hall–Kier alpha value is -3.82. The van der Waals surface area contributed by atoms with Crippen molar-refractivity contribution in [2.24, 2.45) is 0 Å². The van der Waals surface area contributed by atoms with E-state index < -0.39 is 10.0 Å². The molecule has 0 aliphatic rings. The number of rotatable bonds is 9. The Morgan fingerprint density at radius 3 is 2.30 bits per heavy atom. The summed E-state index contributed by atoms with van der Waals surface area (Å²) in [5.74, 6) is 0.942. The van der Waals surface area contributed by atoms with Gasteiger partial charge in [0.2, 0.25) is 0 Å². The van der Waals surface area contributed by atoms with E-state index in [9.17, 15) is 13.2 Å². The molecule has 2 N–H and O–H groups in total. The zero-order chi connectivity index (χ0) is 26.4. The van der Waals surface area contributed by atoms with E-state index in [0.717, 1.165) is 10.0 Å². The second kappa shape index (κ2) is 11.5. The summed E-state index contributed by atoms with van der Waals surface area (Å²) in [5, 5.41) is 2.80. The van der Waals surface area contributed by atoms with Gasteiger partial charge in [0.05, 0.1) is 17.7 Å². The maximum Gasteiger partial charge on any atom is 0.261 e. The number of benzene rings is 4. The van der Waals surface area contributed by atoms with Crippen molar-refractivity contribution in [3.8, 4) is 11.5 Å². The van der Waals surface area contributed by atoms with Gasteiger partial charge in [-0.15, -0.1) is 0 Å². The minimum Gasteiger partial charge on any atom is -0.496 e. The van der Waals surface area contributed by atoms with Crippen LogP contribution in [-0.2, 0) is 16.6 Å². The van der Waals surface area contributed by atoms with Gasteiger partial charge in [-0.05, 0) is 85.3 Å². The molecule has 0 heterocycles. The van der Waals surface area contributed by atoms with Crippen LogP contribution in [0.4, 0.5) is 11.4 Å². The van der Waals surface area contributed by atoms with E-state index >= 15 is 0 Å². The first-order valence-corrected chi connectivity index (χ1v) is 13.6. The average molecular weight is 581 g/mol. The van der Waals surface area contributed by atoms with Gasteiger partial charge >= 0.3 is 0 Å². The highest BCUT2D eigenvalue weighted by Crippen LogP contribution is 2.25. The lowest BCUT2D eigenvalue weighted by atomic mass is 10.1. The van der Waals surface area contributed by atoms with Crippen LogP contribution in [0.2, 0.25) is 0 Å². The zero-order valence-electron chi connectivity index (χ0n) is 20.2. The number of aryl methyl sites for hydroxylation is 1. The van der Waals surface area contributed by atoms with E-state index in [1.165, 1.54) is 12.1 Å². The summed E-state index contributed by atoms with van der Waals surface area (Å²) in [5.41, 5.74) is 2.91. The molecule has 0 saturated heterocycles. The highest BCUT2D eigenvalue weighted by atomic mass is 79.9. The van der Waals surface area contributed by atoms with Crippen molar-refractivity contribution in [1.29, 1.82) is 0 Å². The number of carbonyl (C=O) groups is 1. The molecule has 7 nitrogen and oxygen atoms in total. The molecular formula is C28H25BrN2O5S. The third-order valence-electron chi connectivity index (χ3n) is 5.56. The van der Waals surface area contributed by atoms with Crippen LogP contribution < -0.4 is 19.5 Å². The van der Waals surface area contributed by atoms with Gasteiger partial charge in [-0.25, -0.2) is 8.42 Å². The van der Waals surface area contributed by atoms with E-state index in [0.29, 0.717) is 34.0 Å². The number of nitrogens with one attached hydrogen (secondary N) is 2. The first kappa shape index (κ1) is 26.2. The number of sulfonamides is 1. The molecule has 0 fully saturated rings. The average Bonchev–Trinajstić information content (AvgIpc) is 2.89. The van der Waals surface area contributed by atoms with E-state index in [1.807, 2.05) is 43.3 Å². The number of ether oxygens (including phenoxy) is 2. The van der Waals surface area contributed by atoms with E-state index in [2.05, 4.69) is 26.0 Å². The fraction of sp³-hybridized carbons (Fsp3) is 0.107. The summed E-state index contributed by atoms with van der Waals surface area (Å²) < 4.78 is 40.3. The van der Waals surface area contributed by atoms with Gasteiger partial charge < -0.3 is 14.8 Å². The molecule has 1 amide bonds. The van der Waals surface area contributed by atoms with E-state index in [4.69, 9.17) is 9.47 Å². The summed E-state index contributed by atoms with van der Waals surface area (Å²) >= 11 is 3.39. The molecule has 0 aromatic heterocycles. The molecule has 0 bridgehead atoms. The third-order valence-corrected chi connectivity index (χ3v) is 7.47. The zero-order valence-corrected chi connectivity index (χ0v) is 22.6. The number of hydrogen-bond donors (Lipinski definition) is 2. The van der Waals surface area contributed by atoms with Gasteiger partial charge in [-0.3, -0.25) is 9.52 Å². The predicted octanol–water partition coefficient (Wildman–Crippen LogP) is 6.40. The van der Waals surface area contributed by atoms with Crippen molar-refractivity contribution in [2.75, 3.05) is 17.1 Å². The molecule has 0 atom stereocenters. The minimum atomic E-state index is -3.77. The van der Waals surface area contributed by atoms with Crippen molar-refractivity contribution < 1.29 is 22.7 Å². The Morgan fingerprint density at radius 2 is 1.62 bits per heavy atom.